The number of thiophene rings is 1. The molecule has 0 unspecified atom stereocenters. The molecule has 0 bridgehead atoms. The van der Waals surface area contributed by atoms with Crippen LogP contribution in [-0.4, -0.2) is 5.11 Å². The van der Waals surface area contributed by atoms with Crippen LogP contribution in [0.3, 0.4) is 0 Å². The second kappa shape index (κ2) is 2.27. The van der Waals surface area contributed by atoms with Crippen LogP contribution in [0.25, 0.3) is 0 Å². The summed E-state index contributed by atoms with van der Waals surface area (Å²) in [5.41, 5.74) is 0.0816. The molecule has 1 rings (SSSR count). The zero-order chi connectivity index (χ0) is 7.78. The van der Waals surface area contributed by atoms with Crippen LogP contribution in [0, 0.1) is 0 Å². The van der Waals surface area contributed by atoms with E-state index < -0.39 is 0 Å². The first-order valence-electron chi connectivity index (χ1n) is 3.29. The molecule has 0 aliphatic rings. The first-order chi connectivity index (χ1) is 4.52. The van der Waals surface area contributed by atoms with Gasteiger partial charge in [-0.25, -0.2) is 0 Å². The van der Waals surface area contributed by atoms with Crippen LogP contribution < -0.4 is 0 Å². The van der Waals surface area contributed by atoms with Gasteiger partial charge < -0.3 is 5.11 Å². The molecule has 1 N–H and O–H groups in total. The van der Waals surface area contributed by atoms with Gasteiger partial charge in [0.2, 0.25) is 0 Å². The van der Waals surface area contributed by atoms with Crippen molar-refractivity contribution in [2.45, 2.75) is 26.2 Å². The van der Waals surface area contributed by atoms with E-state index in [4.69, 9.17) is 0 Å². The van der Waals surface area contributed by atoms with Gasteiger partial charge in [-0.2, -0.15) is 0 Å². The van der Waals surface area contributed by atoms with Crippen molar-refractivity contribution in [2.24, 2.45) is 0 Å². The van der Waals surface area contributed by atoms with Gasteiger partial charge in [0.25, 0.3) is 0 Å². The second-order valence-corrected chi connectivity index (χ2v) is 4.30. The van der Waals surface area contributed by atoms with Gasteiger partial charge in [-0.1, -0.05) is 20.8 Å². The Bertz CT molecular complexity index is 219. The predicted molar refractivity (Wildman–Crippen MR) is 44.7 cm³/mol. The summed E-state index contributed by atoms with van der Waals surface area (Å²) < 4.78 is 0. The highest BCUT2D eigenvalue weighted by molar-refractivity contribution is 7.10. The third-order valence-electron chi connectivity index (χ3n) is 1.33. The molecule has 0 saturated carbocycles. The maximum absolute atomic E-state index is 9.30. The van der Waals surface area contributed by atoms with E-state index in [0.717, 1.165) is 4.88 Å². The van der Waals surface area contributed by atoms with Gasteiger partial charge in [-0.3, -0.25) is 0 Å². The van der Waals surface area contributed by atoms with E-state index in [1.165, 1.54) is 0 Å². The molecule has 2 heteroatoms. The van der Waals surface area contributed by atoms with Crippen molar-refractivity contribution in [1.29, 1.82) is 0 Å². The SMILES string of the molecule is CC(C)(C)c1sccc1O. The molecule has 0 saturated heterocycles. The van der Waals surface area contributed by atoms with Gasteiger partial charge in [-0.15, -0.1) is 11.3 Å². The quantitative estimate of drug-likeness (QED) is 0.612. The van der Waals surface area contributed by atoms with Crippen molar-refractivity contribution in [3.05, 3.63) is 16.3 Å². The fourth-order valence-corrected chi connectivity index (χ4v) is 1.74. The largest absolute Gasteiger partial charge is 0.507 e. The Hall–Kier alpha value is -0.500. The number of hydrogen-bond donors (Lipinski definition) is 1. The summed E-state index contributed by atoms with van der Waals surface area (Å²) in [6.07, 6.45) is 0. The van der Waals surface area contributed by atoms with Crippen molar-refractivity contribution in [3.63, 3.8) is 0 Å². The molecule has 1 heterocycles. The van der Waals surface area contributed by atoms with E-state index in [2.05, 4.69) is 20.8 Å². The standard InChI is InChI=1S/C8H12OS/c1-8(2,3)7-6(9)4-5-10-7/h4-5,9H,1-3H3. The highest BCUT2D eigenvalue weighted by atomic mass is 32.1. The molecule has 1 aromatic rings. The minimum atomic E-state index is 0.0816. The van der Waals surface area contributed by atoms with Crippen LogP contribution in [0.5, 0.6) is 5.75 Å². The van der Waals surface area contributed by atoms with Gasteiger partial charge in [0.1, 0.15) is 5.75 Å². The van der Waals surface area contributed by atoms with Gasteiger partial charge in [0.15, 0.2) is 0 Å². The lowest BCUT2D eigenvalue weighted by Crippen LogP contribution is -2.08. The molecule has 0 fully saturated rings. The summed E-state index contributed by atoms with van der Waals surface area (Å²) in [4.78, 5) is 1.06. The van der Waals surface area contributed by atoms with Gasteiger partial charge in [-0.05, 0) is 16.9 Å². The fraction of sp³-hybridized carbons (Fsp3) is 0.500. The van der Waals surface area contributed by atoms with E-state index in [-0.39, 0.29) is 5.41 Å². The Morgan fingerprint density at radius 1 is 1.40 bits per heavy atom. The van der Waals surface area contributed by atoms with Gasteiger partial charge >= 0.3 is 0 Å². The number of aromatic hydroxyl groups is 1. The van der Waals surface area contributed by atoms with Gasteiger partial charge in [0.05, 0.1) is 4.88 Å². The zero-order valence-electron chi connectivity index (χ0n) is 6.51. The van der Waals surface area contributed by atoms with Crippen LogP contribution in [-0.2, 0) is 5.41 Å². The minimum absolute atomic E-state index is 0.0816. The highest BCUT2D eigenvalue weighted by Crippen LogP contribution is 2.34. The normalized spacial score (nSPS) is 11.9. The molecule has 0 spiro atoms. The average Bonchev–Trinajstić information content (AvgIpc) is 2.11. The van der Waals surface area contributed by atoms with Crippen LogP contribution in [0.1, 0.15) is 25.6 Å². The van der Waals surface area contributed by atoms with E-state index in [1.54, 1.807) is 17.4 Å². The smallest absolute Gasteiger partial charge is 0.129 e. The second-order valence-electron chi connectivity index (χ2n) is 3.38. The van der Waals surface area contributed by atoms with Crippen LogP contribution in [0.2, 0.25) is 0 Å². The highest BCUT2D eigenvalue weighted by Gasteiger charge is 2.18. The van der Waals surface area contributed by atoms with Crippen molar-refractivity contribution in [1.82, 2.24) is 0 Å². The average molecular weight is 156 g/mol. The molecule has 10 heavy (non-hydrogen) atoms. The summed E-state index contributed by atoms with van der Waals surface area (Å²) in [6.45, 7) is 6.29. The van der Waals surface area contributed by atoms with E-state index in [0.29, 0.717) is 5.75 Å². The van der Waals surface area contributed by atoms with Crippen LogP contribution in [0.15, 0.2) is 11.4 Å². The third kappa shape index (κ3) is 1.32. The molecule has 0 aliphatic carbocycles. The van der Waals surface area contributed by atoms with E-state index >= 15 is 0 Å². The Balaban J connectivity index is 3.05. The Kier molecular flexibility index (Phi) is 1.73. The Morgan fingerprint density at radius 2 is 2.00 bits per heavy atom. The lowest BCUT2D eigenvalue weighted by Gasteiger charge is -2.15. The fourth-order valence-electron chi connectivity index (χ4n) is 0.864. The summed E-state index contributed by atoms with van der Waals surface area (Å²) in [6, 6.07) is 1.74. The molecule has 0 aliphatic heterocycles. The molecular weight excluding hydrogens is 144 g/mol. The predicted octanol–water partition coefficient (Wildman–Crippen LogP) is 2.75. The van der Waals surface area contributed by atoms with Crippen LogP contribution >= 0.6 is 11.3 Å². The Morgan fingerprint density at radius 3 is 2.20 bits per heavy atom. The van der Waals surface area contributed by atoms with Crippen molar-refractivity contribution < 1.29 is 5.11 Å². The summed E-state index contributed by atoms with van der Waals surface area (Å²) in [5, 5.41) is 11.2. The number of hydrogen-bond acceptors (Lipinski definition) is 2. The molecule has 1 aromatic heterocycles. The number of rotatable bonds is 0. The molecular formula is C8H12OS. The van der Waals surface area contributed by atoms with Crippen molar-refractivity contribution in [2.75, 3.05) is 0 Å². The maximum atomic E-state index is 9.30. The van der Waals surface area contributed by atoms with E-state index in [1.807, 2.05) is 5.38 Å². The first kappa shape index (κ1) is 7.61. The lowest BCUT2D eigenvalue weighted by atomic mass is 9.94. The molecule has 0 radical (unpaired) electrons. The third-order valence-corrected chi connectivity index (χ3v) is 2.66. The van der Waals surface area contributed by atoms with Gasteiger partial charge in [0, 0.05) is 0 Å². The summed E-state index contributed by atoms with van der Waals surface area (Å²) in [7, 11) is 0. The molecule has 1 nitrogen and oxygen atoms in total. The Labute approximate surface area is 65.3 Å². The van der Waals surface area contributed by atoms with Crippen LogP contribution in [0.4, 0.5) is 0 Å². The summed E-state index contributed by atoms with van der Waals surface area (Å²) >= 11 is 1.61. The molecule has 0 amide bonds. The zero-order valence-corrected chi connectivity index (χ0v) is 7.33. The minimum Gasteiger partial charge on any atom is -0.507 e. The topological polar surface area (TPSA) is 20.2 Å². The van der Waals surface area contributed by atoms with Crippen molar-refractivity contribution in [3.8, 4) is 5.75 Å². The molecule has 0 aromatic carbocycles. The molecule has 0 atom stereocenters. The first-order valence-corrected chi connectivity index (χ1v) is 4.17. The monoisotopic (exact) mass is 156 g/mol. The van der Waals surface area contributed by atoms with E-state index in [9.17, 15) is 5.11 Å². The summed E-state index contributed by atoms with van der Waals surface area (Å²) in [5.74, 6) is 0.428. The van der Waals surface area contributed by atoms with Crippen molar-refractivity contribution >= 4 is 11.3 Å². The maximum Gasteiger partial charge on any atom is 0.129 e. The lowest BCUT2D eigenvalue weighted by molar-refractivity contribution is 0.453. The molecule has 56 valence electrons.